The summed E-state index contributed by atoms with van der Waals surface area (Å²) in [7, 11) is 4.00. The van der Waals surface area contributed by atoms with Crippen molar-refractivity contribution in [3.8, 4) is 5.75 Å². The Hall–Kier alpha value is -1.51. The predicted octanol–water partition coefficient (Wildman–Crippen LogP) is 5.00. The molecule has 1 aliphatic heterocycles. The third kappa shape index (κ3) is 2.35. The number of nitrogens with zero attached hydrogens (tertiary/aromatic N) is 1. The highest BCUT2D eigenvalue weighted by atomic mass is 35.5. The normalized spacial score (nSPS) is 22.5. The maximum Gasteiger partial charge on any atom is 0.119 e. The summed E-state index contributed by atoms with van der Waals surface area (Å²) in [6.45, 7) is 1.09. The van der Waals surface area contributed by atoms with E-state index in [4.69, 9.17) is 16.3 Å². The Bertz CT molecular complexity index is 753. The van der Waals surface area contributed by atoms with Crippen molar-refractivity contribution in [3.63, 3.8) is 0 Å². The van der Waals surface area contributed by atoms with Crippen molar-refractivity contribution in [1.82, 2.24) is 4.90 Å². The van der Waals surface area contributed by atoms with Crippen LogP contribution in [0.3, 0.4) is 0 Å². The number of hydrogen-bond donors (Lipinski definition) is 0. The second-order valence-electron chi connectivity index (χ2n) is 7.19. The van der Waals surface area contributed by atoms with Gasteiger partial charge in [-0.3, -0.25) is 4.90 Å². The van der Waals surface area contributed by atoms with Crippen molar-refractivity contribution in [2.24, 2.45) is 0 Å². The van der Waals surface area contributed by atoms with Crippen molar-refractivity contribution in [1.29, 1.82) is 0 Å². The van der Waals surface area contributed by atoms with Crippen LogP contribution in [0.15, 0.2) is 42.5 Å². The standard InChI is InChI=1S/C21H24ClNO/c1-23-13-10-15-8-9-16(24-2)14-17(15)20(23)21(11-5-12-21)18-6-3-4-7-19(18)22/h3-4,6-9,14,20H,5,10-13H2,1-2H3. The molecule has 24 heavy (non-hydrogen) atoms. The number of methoxy groups -OCH3 is 1. The zero-order valence-electron chi connectivity index (χ0n) is 14.4. The third-order valence-corrected chi connectivity index (χ3v) is 6.33. The van der Waals surface area contributed by atoms with Crippen molar-refractivity contribution < 1.29 is 4.74 Å². The number of likely N-dealkylation sites (N-methyl/N-ethyl adjacent to an activating group) is 1. The molecule has 0 spiro atoms. The third-order valence-electron chi connectivity index (χ3n) is 6.00. The van der Waals surface area contributed by atoms with Gasteiger partial charge in [0.05, 0.1) is 7.11 Å². The van der Waals surface area contributed by atoms with Crippen molar-refractivity contribution in [2.45, 2.75) is 37.1 Å². The Labute approximate surface area is 149 Å². The quantitative estimate of drug-likeness (QED) is 0.779. The molecule has 0 saturated heterocycles. The first-order valence-corrected chi connectivity index (χ1v) is 9.15. The first-order valence-electron chi connectivity index (χ1n) is 8.78. The van der Waals surface area contributed by atoms with Gasteiger partial charge in [-0.1, -0.05) is 42.3 Å². The molecule has 1 saturated carbocycles. The molecule has 1 unspecified atom stereocenters. The molecule has 1 heterocycles. The summed E-state index contributed by atoms with van der Waals surface area (Å²) in [5.74, 6) is 0.947. The van der Waals surface area contributed by atoms with E-state index in [1.165, 1.54) is 36.0 Å². The highest BCUT2D eigenvalue weighted by Gasteiger charge is 2.50. The molecule has 3 heteroatoms. The highest BCUT2D eigenvalue weighted by Crippen LogP contribution is 2.57. The lowest BCUT2D eigenvalue weighted by atomic mass is 9.57. The van der Waals surface area contributed by atoms with Crippen LogP contribution in [0, 0.1) is 0 Å². The minimum absolute atomic E-state index is 0.120. The molecule has 4 rings (SSSR count). The molecule has 126 valence electrons. The molecule has 0 radical (unpaired) electrons. The molecule has 0 N–H and O–H groups in total. The van der Waals surface area contributed by atoms with E-state index in [0.717, 1.165) is 23.7 Å². The van der Waals surface area contributed by atoms with Crippen LogP contribution in [0.4, 0.5) is 0 Å². The first-order chi connectivity index (χ1) is 11.7. The zero-order valence-corrected chi connectivity index (χ0v) is 15.1. The Kier molecular flexibility index (Phi) is 4.06. The average molecular weight is 342 g/mol. The van der Waals surface area contributed by atoms with Crippen LogP contribution in [-0.4, -0.2) is 25.6 Å². The molecule has 1 aliphatic carbocycles. The van der Waals surface area contributed by atoms with Crippen LogP contribution < -0.4 is 4.74 Å². The Morgan fingerprint density at radius 2 is 1.96 bits per heavy atom. The molecule has 0 aromatic heterocycles. The first kappa shape index (κ1) is 16.0. The van der Waals surface area contributed by atoms with Gasteiger partial charge in [-0.15, -0.1) is 0 Å². The van der Waals surface area contributed by atoms with Gasteiger partial charge in [0, 0.05) is 23.0 Å². The van der Waals surface area contributed by atoms with Gasteiger partial charge in [-0.05, 0) is 61.2 Å². The number of rotatable bonds is 3. The molecular weight excluding hydrogens is 318 g/mol. The van der Waals surface area contributed by atoms with E-state index in [-0.39, 0.29) is 5.41 Å². The fourth-order valence-electron chi connectivity index (χ4n) is 4.68. The van der Waals surface area contributed by atoms with Gasteiger partial charge < -0.3 is 4.74 Å². The fraction of sp³-hybridized carbons (Fsp3) is 0.429. The van der Waals surface area contributed by atoms with Crippen LogP contribution in [0.1, 0.15) is 42.0 Å². The van der Waals surface area contributed by atoms with Gasteiger partial charge in [0.15, 0.2) is 0 Å². The second-order valence-corrected chi connectivity index (χ2v) is 7.59. The molecule has 0 amide bonds. The highest BCUT2D eigenvalue weighted by molar-refractivity contribution is 6.31. The summed E-state index contributed by atoms with van der Waals surface area (Å²) in [6.07, 6.45) is 4.77. The van der Waals surface area contributed by atoms with Crippen LogP contribution >= 0.6 is 11.6 Å². The van der Waals surface area contributed by atoms with Gasteiger partial charge >= 0.3 is 0 Å². The summed E-state index contributed by atoms with van der Waals surface area (Å²) >= 11 is 6.63. The van der Waals surface area contributed by atoms with Crippen LogP contribution in [-0.2, 0) is 11.8 Å². The molecular formula is C21H24ClNO. The molecule has 0 bridgehead atoms. The van der Waals surface area contributed by atoms with E-state index in [2.05, 4.69) is 42.3 Å². The van der Waals surface area contributed by atoms with Gasteiger partial charge in [0.2, 0.25) is 0 Å². The van der Waals surface area contributed by atoms with Crippen molar-refractivity contribution in [3.05, 3.63) is 64.2 Å². The van der Waals surface area contributed by atoms with Crippen LogP contribution in [0.2, 0.25) is 5.02 Å². The number of halogens is 1. The smallest absolute Gasteiger partial charge is 0.119 e. The number of hydrogen-bond acceptors (Lipinski definition) is 2. The zero-order chi connectivity index (χ0) is 16.7. The maximum absolute atomic E-state index is 6.63. The molecule has 2 aromatic rings. The van der Waals surface area contributed by atoms with E-state index >= 15 is 0 Å². The topological polar surface area (TPSA) is 12.5 Å². The lowest BCUT2D eigenvalue weighted by Gasteiger charge is -2.54. The minimum atomic E-state index is 0.120. The predicted molar refractivity (Wildman–Crippen MR) is 99.1 cm³/mol. The van der Waals surface area contributed by atoms with Gasteiger partial charge in [-0.2, -0.15) is 0 Å². The number of fused-ring (bicyclic) bond motifs is 1. The largest absolute Gasteiger partial charge is 0.497 e. The Morgan fingerprint density at radius 1 is 1.17 bits per heavy atom. The SMILES string of the molecule is COc1ccc2c(c1)C(C1(c3ccccc3Cl)CCC1)N(C)CC2. The summed E-state index contributed by atoms with van der Waals surface area (Å²) < 4.78 is 5.51. The lowest BCUT2D eigenvalue weighted by molar-refractivity contribution is 0.0716. The summed E-state index contributed by atoms with van der Waals surface area (Å²) in [6, 6.07) is 15.3. The van der Waals surface area contributed by atoms with E-state index in [1.807, 2.05) is 12.1 Å². The van der Waals surface area contributed by atoms with Gasteiger partial charge in [-0.25, -0.2) is 0 Å². The number of benzene rings is 2. The number of ether oxygens (including phenoxy) is 1. The fourth-order valence-corrected chi connectivity index (χ4v) is 5.00. The Morgan fingerprint density at radius 3 is 2.62 bits per heavy atom. The van der Waals surface area contributed by atoms with Crippen LogP contribution in [0.5, 0.6) is 5.75 Å². The lowest BCUT2D eigenvalue weighted by Crippen LogP contribution is -2.50. The minimum Gasteiger partial charge on any atom is -0.497 e. The van der Waals surface area contributed by atoms with Crippen molar-refractivity contribution in [2.75, 3.05) is 20.7 Å². The molecule has 2 aromatic carbocycles. The average Bonchev–Trinajstić information content (AvgIpc) is 2.56. The van der Waals surface area contributed by atoms with Crippen molar-refractivity contribution >= 4 is 11.6 Å². The van der Waals surface area contributed by atoms with E-state index in [9.17, 15) is 0 Å². The van der Waals surface area contributed by atoms with Gasteiger partial charge in [0.25, 0.3) is 0 Å². The van der Waals surface area contributed by atoms with E-state index in [1.54, 1.807) is 7.11 Å². The maximum atomic E-state index is 6.63. The molecule has 2 nitrogen and oxygen atoms in total. The second kappa shape index (κ2) is 6.09. The summed E-state index contributed by atoms with van der Waals surface area (Å²) in [5.41, 5.74) is 4.31. The monoisotopic (exact) mass is 341 g/mol. The van der Waals surface area contributed by atoms with Gasteiger partial charge in [0.1, 0.15) is 5.75 Å². The van der Waals surface area contributed by atoms with E-state index in [0.29, 0.717) is 6.04 Å². The summed E-state index contributed by atoms with van der Waals surface area (Å²) in [4.78, 5) is 2.52. The van der Waals surface area contributed by atoms with E-state index < -0.39 is 0 Å². The molecule has 1 fully saturated rings. The molecule has 2 aliphatic rings. The molecule has 1 atom stereocenters. The Balaban J connectivity index is 1.87. The van der Waals surface area contributed by atoms with Crippen LogP contribution in [0.25, 0.3) is 0 Å². The summed E-state index contributed by atoms with van der Waals surface area (Å²) in [5, 5.41) is 0.903.